The molecule has 192 valence electrons. The van der Waals surface area contributed by atoms with Crippen molar-refractivity contribution in [1.29, 1.82) is 0 Å². The van der Waals surface area contributed by atoms with Crippen LogP contribution in [-0.2, 0) is 20.7 Å². The number of hydrogen-bond acceptors (Lipinski definition) is 4. The predicted molar refractivity (Wildman–Crippen MR) is 137 cm³/mol. The number of carbonyl (C=O) groups excluding carboxylic acids is 3. The third-order valence-corrected chi connectivity index (χ3v) is 5.35. The maximum absolute atomic E-state index is 13.7. The topological polar surface area (TPSA) is 87.7 Å². The second-order valence-corrected chi connectivity index (χ2v) is 10.7. The summed E-state index contributed by atoms with van der Waals surface area (Å²) in [6, 6.07) is 6.09. The van der Waals surface area contributed by atoms with Crippen LogP contribution in [0.4, 0.5) is 4.79 Å². The number of aryl methyl sites for hydroxylation is 1. The molecule has 1 aromatic carbocycles. The van der Waals surface area contributed by atoms with Crippen LogP contribution in [0.1, 0.15) is 98.7 Å². The molecule has 2 unspecified atom stereocenters. The van der Waals surface area contributed by atoms with E-state index in [4.69, 9.17) is 4.74 Å². The molecule has 0 fully saturated rings. The van der Waals surface area contributed by atoms with E-state index < -0.39 is 29.3 Å². The smallest absolute Gasteiger partial charge is 0.408 e. The Bertz CT molecular complexity index is 807. The molecule has 2 N–H and O–H groups in total. The average Bonchev–Trinajstić information content (AvgIpc) is 2.72. The van der Waals surface area contributed by atoms with E-state index in [9.17, 15) is 14.4 Å². The molecule has 0 radical (unpaired) electrons. The summed E-state index contributed by atoms with van der Waals surface area (Å²) < 4.78 is 5.32. The highest BCUT2D eigenvalue weighted by atomic mass is 16.6. The van der Waals surface area contributed by atoms with Crippen molar-refractivity contribution in [3.8, 4) is 0 Å². The van der Waals surface area contributed by atoms with Crippen molar-refractivity contribution in [1.82, 2.24) is 15.5 Å². The maximum atomic E-state index is 13.7. The summed E-state index contributed by atoms with van der Waals surface area (Å²) in [5.41, 5.74) is 0.520. The van der Waals surface area contributed by atoms with E-state index in [2.05, 4.69) is 24.5 Å². The van der Waals surface area contributed by atoms with Gasteiger partial charge in [0.15, 0.2) is 0 Å². The first-order valence-corrected chi connectivity index (χ1v) is 12.4. The molecule has 0 saturated heterocycles. The van der Waals surface area contributed by atoms with Crippen LogP contribution in [-0.4, -0.2) is 46.5 Å². The number of hydrogen-bond donors (Lipinski definition) is 2. The lowest BCUT2D eigenvalue weighted by atomic mass is 9.94. The number of rotatable bonds is 10. The van der Waals surface area contributed by atoms with Gasteiger partial charge < -0.3 is 20.3 Å². The minimum atomic E-state index is -0.876. The van der Waals surface area contributed by atoms with Crippen LogP contribution in [0, 0.1) is 0 Å². The van der Waals surface area contributed by atoms with E-state index in [0.717, 1.165) is 36.8 Å². The van der Waals surface area contributed by atoms with Gasteiger partial charge in [0.2, 0.25) is 11.8 Å². The molecule has 34 heavy (non-hydrogen) atoms. The molecular formula is C27H45N3O4. The summed E-state index contributed by atoms with van der Waals surface area (Å²) in [6.07, 6.45) is 3.17. The second kappa shape index (κ2) is 12.8. The Morgan fingerprint density at radius 2 is 1.56 bits per heavy atom. The SMILES string of the molecule is CCCCCNC(=O)C(c1ccc(CC)cc1)N(C(=O)C(C)NC(=O)OC(C)(C)C)C(C)(C)C. The highest BCUT2D eigenvalue weighted by Gasteiger charge is 2.40. The number of carbonyl (C=O) groups is 3. The van der Waals surface area contributed by atoms with E-state index in [1.165, 1.54) is 0 Å². The first-order chi connectivity index (χ1) is 15.7. The zero-order valence-electron chi connectivity index (χ0n) is 22.6. The molecule has 7 nitrogen and oxygen atoms in total. The molecule has 0 spiro atoms. The van der Waals surface area contributed by atoms with Crippen LogP contribution in [0.3, 0.4) is 0 Å². The van der Waals surface area contributed by atoms with E-state index >= 15 is 0 Å². The molecule has 0 heterocycles. The molecule has 0 aliphatic heterocycles. The molecule has 7 heteroatoms. The number of nitrogens with one attached hydrogen (secondary N) is 2. The van der Waals surface area contributed by atoms with Crippen LogP contribution in [0.5, 0.6) is 0 Å². The Kier molecular flexibility index (Phi) is 11.1. The van der Waals surface area contributed by atoms with Gasteiger partial charge in [-0.15, -0.1) is 0 Å². The predicted octanol–water partition coefficient (Wildman–Crippen LogP) is 5.14. The number of amides is 3. The molecule has 2 atom stereocenters. The molecule has 0 bridgehead atoms. The van der Waals surface area contributed by atoms with Gasteiger partial charge in [-0.2, -0.15) is 0 Å². The first-order valence-electron chi connectivity index (χ1n) is 12.4. The van der Waals surface area contributed by atoms with Gasteiger partial charge in [-0.25, -0.2) is 4.79 Å². The number of alkyl carbamates (subject to hydrolysis) is 1. The van der Waals surface area contributed by atoms with Crippen LogP contribution >= 0.6 is 0 Å². The lowest BCUT2D eigenvalue weighted by Gasteiger charge is -2.42. The highest BCUT2D eigenvalue weighted by Crippen LogP contribution is 2.30. The van der Waals surface area contributed by atoms with Gasteiger partial charge in [0.05, 0.1) is 0 Å². The van der Waals surface area contributed by atoms with E-state index in [1.807, 2.05) is 45.0 Å². The standard InChI is InChI=1S/C27H45N3O4/c1-10-12-13-18-28-23(31)22(21-16-14-20(11-2)15-17-21)30(26(4,5)6)24(32)19(3)29-25(33)34-27(7,8)9/h14-17,19,22H,10-13,18H2,1-9H3,(H,28,31)(H,29,33). The van der Waals surface area contributed by atoms with Crippen LogP contribution < -0.4 is 10.6 Å². The summed E-state index contributed by atoms with van der Waals surface area (Å²) in [5, 5.41) is 5.65. The van der Waals surface area contributed by atoms with Crippen molar-refractivity contribution in [2.45, 2.75) is 111 Å². The summed E-state index contributed by atoms with van der Waals surface area (Å²) in [7, 11) is 0. The largest absolute Gasteiger partial charge is 0.444 e. The van der Waals surface area contributed by atoms with Gasteiger partial charge >= 0.3 is 6.09 Å². The lowest BCUT2D eigenvalue weighted by molar-refractivity contribution is -0.148. The van der Waals surface area contributed by atoms with Crippen molar-refractivity contribution >= 4 is 17.9 Å². The minimum Gasteiger partial charge on any atom is -0.444 e. The highest BCUT2D eigenvalue weighted by molar-refractivity contribution is 5.92. The van der Waals surface area contributed by atoms with Crippen molar-refractivity contribution in [3.05, 3.63) is 35.4 Å². The zero-order valence-corrected chi connectivity index (χ0v) is 22.6. The van der Waals surface area contributed by atoms with Gasteiger partial charge in [-0.3, -0.25) is 9.59 Å². The summed E-state index contributed by atoms with van der Waals surface area (Å²) in [6.45, 7) is 17.3. The Hall–Kier alpha value is -2.57. The molecule has 0 saturated carbocycles. The Morgan fingerprint density at radius 3 is 2.03 bits per heavy atom. The van der Waals surface area contributed by atoms with Gasteiger partial charge in [-0.05, 0) is 72.4 Å². The van der Waals surface area contributed by atoms with Crippen LogP contribution in [0.25, 0.3) is 0 Å². The van der Waals surface area contributed by atoms with Gasteiger partial charge in [0.25, 0.3) is 0 Å². The first kappa shape index (κ1) is 29.5. The maximum Gasteiger partial charge on any atom is 0.408 e. The lowest BCUT2D eigenvalue weighted by Crippen LogP contribution is -2.58. The number of ether oxygens (including phenoxy) is 1. The van der Waals surface area contributed by atoms with Gasteiger partial charge in [0, 0.05) is 12.1 Å². The zero-order chi connectivity index (χ0) is 26.1. The fourth-order valence-electron chi connectivity index (χ4n) is 3.64. The summed E-state index contributed by atoms with van der Waals surface area (Å²) >= 11 is 0. The van der Waals surface area contributed by atoms with E-state index in [0.29, 0.717) is 6.54 Å². The number of unbranched alkanes of at least 4 members (excludes halogenated alkanes) is 2. The third kappa shape index (κ3) is 9.35. The van der Waals surface area contributed by atoms with Crippen molar-refractivity contribution < 1.29 is 19.1 Å². The summed E-state index contributed by atoms with van der Waals surface area (Å²) in [4.78, 5) is 41.0. The Balaban J connectivity index is 3.31. The fraction of sp³-hybridized carbons (Fsp3) is 0.667. The number of benzene rings is 1. The molecule has 1 rings (SSSR count). The fourth-order valence-corrected chi connectivity index (χ4v) is 3.64. The quantitative estimate of drug-likeness (QED) is 0.459. The van der Waals surface area contributed by atoms with Gasteiger partial charge in [-0.1, -0.05) is 51.0 Å². The monoisotopic (exact) mass is 475 g/mol. The molecule has 3 amide bonds. The minimum absolute atomic E-state index is 0.229. The molecule has 0 aliphatic carbocycles. The Morgan fingerprint density at radius 1 is 0.971 bits per heavy atom. The average molecular weight is 476 g/mol. The van der Waals surface area contributed by atoms with E-state index in [1.54, 1.807) is 32.6 Å². The van der Waals surface area contributed by atoms with E-state index in [-0.39, 0.29) is 11.8 Å². The number of nitrogens with zero attached hydrogens (tertiary/aromatic N) is 1. The van der Waals surface area contributed by atoms with Crippen molar-refractivity contribution in [2.75, 3.05) is 6.54 Å². The third-order valence-electron chi connectivity index (χ3n) is 5.35. The van der Waals surface area contributed by atoms with Gasteiger partial charge in [0.1, 0.15) is 17.7 Å². The second-order valence-electron chi connectivity index (χ2n) is 10.7. The van der Waals surface area contributed by atoms with Crippen molar-refractivity contribution in [2.24, 2.45) is 0 Å². The van der Waals surface area contributed by atoms with Crippen LogP contribution in [0.2, 0.25) is 0 Å². The molecule has 0 aliphatic rings. The normalized spacial score (nSPS) is 13.6. The molecular weight excluding hydrogens is 430 g/mol. The van der Waals surface area contributed by atoms with Crippen LogP contribution in [0.15, 0.2) is 24.3 Å². The Labute approximate surface area is 206 Å². The molecule has 0 aromatic heterocycles. The van der Waals surface area contributed by atoms with Crippen molar-refractivity contribution in [3.63, 3.8) is 0 Å². The summed E-state index contributed by atoms with van der Waals surface area (Å²) in [5.74, 6) is -0.584. The molecule has 1 aromatic rings.